The molecular weight excluding hydrogens is 214 g/mol. The van der Waals surface area contributed by atoms with Crippen molar-refractivity contribution in [3.63, 3.8) is 0 Å². The lowest BCUT2D eigenvalue weighted by Crippen LogP contribution is -2.13. The quantitative estimate of drug-likeness (QED) is 0.791. The highest BCUT2D eigenvalue weighted by Gasteiger charge is 2.07. The highest BCUT2D eigenvalue weighted by atomic mass is 16.5. The summed E-state index contributed by atoms with van der Waals surface area (Å²) in [6, 6.07) is 9.87. The van der Waals surface area contributed by atoms with E-state index in [0.29, 0.717) is 11.7 Å². The molecule has 0 aliphatic carbocycles. The minimum Gasteiger partial charge on any atom is -0.339 e. The van der Waals surface area contributed by atoms with E-state index >= 15 is 0 Å². The first kappa shape index (κ1) is 11.8. The van der Waals surface area contributed by atoms with E-state index in [1.54, 1.807) is 0 Å². The first-order chi connectivity index (χ1) is 8.25. The second-order valence-corrected chi connectivity index (χ2v) is 4.28. The van der Waals surface area contributed by atoms with E-state index < -0.39 is 0 Å². The highest BCUT2D eigenvalue weighted by Crippen LogP contribution is 2.15. The van der Waals surface area contributed by atoms with Crippen LogP contribution in [0.3, 0.4) is 0 Å². The minimum atomic E-state index is 0.672. The van der Waals surface area contributed by atoms with Crippen molar-refractivity contribution in [1.82, 2.24) is 15.0 Å². The smallest absolute Gasteiger partial charge is 0.227 e. The summed E-state index contributed by atoms with van der Waals surface area (Å²) < 4.78 is 5.22. The van der Waals surface area contributed by atoms with Gasteiger partial charge in [0.25, 0.3) is 0 Å². The van der Waals surface area contributed by atoms with Gasteiger partial charge < -0.3 is 9.42 Å². The van der Waals surface area contributed by atoms with Crippen LogP contribution in [0.2, 0.25) is 0 Å². The van der Waals surface area contributed by atoms with E-state index in [1.165, 1.54) is 0 Å². The van der Waals surface area contributed by atoms with Gasteiger partial charge in [0.05, 0.1) is 0 Å². The van der Waals surface area contributed by atoms with E-state index in [0.717, 1.165) is 24.9 Å². The molecule has 4 nitrogen and oxygen atoms in total. The second-order valence-electron chi connectivity index (χ2n) is 4.28. The first-order valence-corrected chi connectivity index (χ1v) is 5.78. The first-order valence-electron chi connectivity index (χ1n) is 5.78. The third-order valence-electron chi connectivity index (χ3n) is 2.50. The summed E-state index contributed by atoms with van der Waals surface area (Å²) in [5, 5.41) is 3.98. The van der Waals surface area contributed by atoms with Gasteiger partial charge in [-0.3, -0.25) is 0 Å². The van der Waals surface area contributed by atoms with Gasteiger partial charge in [-0.25, -0.2) is 0 Å². The van der Waals surface area contributed by atoms with Crippen LogP contribution in [-0.2, 0) is 6.42 Å². The standard InChI is InChI=1S/C13H17N3O/c1-16(2)10-6-9-12-14-13(15-17-12)11-7-4-3-5-8-11/h3-5,7-8H,6,9-10H2,1-2H3. The summed E-state index contributed by atoms with van der Waals surface area (Å²) in [6.07, 6.45) is 1.86. The molecule has 1 aromatic heterocycles. The molecule has 0 bridgehead atoms. The molecular formula is C13H17N3O. The molecule has 1 aromatic carbocycles. The van der Waals surface area contributed by atoms with Gasteiger partial charge in [0.1, 0.15) is 0 Å². The Hall–Kier alpha value is -1.68. The molecule has 1 heterocycles. The molecule has 4 heteroatoms. The van der Waals surface area contributed by atoms with Crippen LogP contribution in [0, 0.1) is 0 Å². The third kappa shape index (κ3) is 3.39. The summed E-state index contributed by atoms with van der Waals surface area (Å²) in [4.78, 5) is 6.53. The fourth-order valence-corrected chi connectivity index (χ4v) is 1.61. The van der Waals surface area contributed by atoms with Crippen molar-refractivity contribution in [2.24, 2.45) is 0 Å². The number of aryl methyl sites for hydroxylation is 1. The van der Waals surface area contributed by atoms with Gasteiger partial charge in [-0.05, 0) is 27.1 Å². The Kier molecular flexibility index (Phi) is 3.88. The van der Waals surface area contributed by atoms with Crippen molar-refractivity contribution in [1.29, 1.82) is 0 Å². The van der Waals surface area contributed by atoms with Crippen LogP contribution in [-0.4, -0.2) is 35.7 Å². The molecule has 0 amide bonds. The number of rotatable bonds is 5. The van der Waals surface area contributed by atoms with Gasteiger partial charge in [-0.2, -0.15) is 4.98 Å². The summed E-state index contributed by atoms with van der Waals surface area (Å²) in [5.41, 5.74) is 0.995. The van der Waals surface area contributed by atoms with Gasteiger partial charge >= 0.3 is 0 Å². The molecule has 0 atom stereocenters. The molecule has 2 rings (SSSR count). The van der Waals surface area contributed by atoms with Crippen LogP contribution < -0.4 is 0 Å². The maximum atomic E-state index is 5.22. The lowest BCUT2D eigenvalue weighted by Gasteiger charge is -2.06. The second kappa shape index (κ2) is 5.59. The number of hydrogen-bond donors (Lipinski definition) is 0. The number of nitrogens with zero attached hydrogens (tertiary/aromatic N) is 3. The fraction of sp³-hybridized carbons (Fsp3) is 0.385. The molecule has 0 fully saturated rings. The van der Waals surface area contributed by atoms with Crippen LogP contribution in [0.15, 0.2) is 34.9 Å². The Morgan fingerprint density at radius 1 is 1.18 bits per heavy atom. The summed E-state index contributed by atoms with van der Waals surface area (Å²) >= 11 is 0. The summed E-state index contributed by atoms with van der Waals surface area (Å²) in [6.45, 7) is 1.03. The van der Waals surface area contributed by atoms with Crippen LogP contribution in [0.5, 0.6) is 0 Å². The highest BCUT2D eigenvalue weighted by molar-refractivity contribution is 5.53. The Labute approximate surface area is 101 Å². The predicted molar refractivity (Wildman–Crippen MR) is 66.6 cm³/mol. The Balaban J connectivity index is 1.97. The van der Waals surface area contributed by atoms with E-state index in [1.807, 2.05) is 30.3 Å². The minimum absolute atomic E-state index is 0.672. The predicted octanol–water partition coefficient (Wildman–Crippen LogP) is 2.23. The molecule has 0 radical (unpaired) electrons. The molecule has 0 saturated carbocycles. The van der Waals surface area contributed by atoms with Crippen LogP contribution in [0.25, 0.3) is 11.4 Å². The van der Waals surface area contributed by atoms with Crippen LogP contribution in [0.1, 0.15) is 12.3 Å². The summed E-state index contributed by atoms with van der Waals surface area (Å²) in [7, 11) is 4.12. The monoisotopic (exact) mass is 231 g/mol. The summed E-state index contributed by atoms with van der Waals surface area (Å²) in [5.74, 6) is 1.39. The van der Waals surface area contributed by atoms with Gasteiger partial charge in [0.2, 0.25) is 11.7 Å². The zero-order valence-electron chi connectivity index (χ0n) is 10.3. The molecule has 0 spiro atoms. The lowest BCUT2D eigenvalue weighted by atomic mass is 10.2. The number of benzene rings is 1. The van der Waals surface area contributed by atoms with Crippen molar-refractivity contribution >= 4 is 0 Å². The van der Waals surface area contributed by atoms with Gasteiger partial charge in [0, 0.05) is 12.0 Å². The Bertz CT molecular complexity index is 451. The molecule has 0 aliphatic rings. The van der Waals surface area contributed by atoms with E-state index in [4.69, 9.17) is 4.52 Å². The third-order valence-corrected chi connectivity index (χ3v) is 2.50. The number of hydrogen-bond acceptors (Lipinski definition) is 4. The van der Waals surface area contributed by atoms with Gasteiger partial charge in [-0.1, -0.05) is 35.5 Å². The molecule has 0 unspecified atom stereocenters. The zero-order valence-corrected chi connectivity index (χ0v) is 10.3. The Morgan fingerprint density at radius 3 is 2.65 bits per heavy atom. The SMILES string of the molecule is CN(C)CCCc1nc(-c2ccccc2)no1. The van der Waals surface area contributed by atoms with E-state index in [2.05, 4.69) is 29.1 Å². The van der Waals surface area contributed by atoms with Crippen molar-refractivity contribution in [3.05, 3.63) is 36.2 Å². The van der Waals surface area contributed by atoms with Crippen molar-refractivity contribution in [3.8, 4) is 11.4 Å². The molecule has 0 aliphatic heterocycles. The molecule has 0 saturated heterocycles. The largest absolute Gasteiger partial charge is 0.339 e. The number of aromatic nitrogens is 2. The average Bonchev–Trinajstić information content (AvgIpc) is 2.78. The average molecular weight is 231 g/mol. The maximum Gasteiger partial charge on any atom is 0.227 e. The van der Waals surface area contributed by atoms with Crippen molar-refractivity contribution in [2.75, 3.05) is 20.6 Å². The maximum absolute atomic E-state index is 5.22. The normalized spacial score (nSPS) is 11.0. The molecule has 90 valence electrons. The van der Waals surface area contributed by atoms with Crippen molar-refractivity contribution < 1.29 is 4.52 Å². The van der Waals surface area contributed by atoms with E-state index in [9.17, 15) is 0 Å². The van der Waals surface area contributed by atoms with Gasteiger partial charge in [0.15, 0.2) is 0 Å². The van der Waals surface area contributed by atoms with E-state index in [-0.39, 0.29) is 0 Å². The molecule has 2 aromatic rings. The fourth-order valence-electron chi connectivity index (χ4n) is 1.61. The van der Waals surface area contributed by atoms with Crippen molar-refractivity contribution in [2.45, 2.75) is 12.8 Å². The lowest BCUT2D eigenvalue weighted by molar-refractivity contribution is 0.354. The van der Waals surface area contributed by atoms with Crippen LogP contribution in [0.4, 0.5) is 0 Å². The molecule has 17 heavy (non-hydrogen) atoms. The van der Waals surface area contributed by atoms with Crippen LogP contribution >= 0.6 is 0 Å². The molecule has 0 N–H and O–H groups in total. The van der Waals surface area contributed by atoms with Gasteiger partial charge in [-0.15, -0.1) is 0 Å². The zero-order chi connectivity index (χ0) is 12.1. The Morgan fingerprint density at radius 2 is 1.94 bits per heavy atom. The topological polar surface area (TPSA) is 42.2 Å².